The zero-order chi connectivity index (χ0) is 9.14. The van der Waals surface area contributed by atoms with Crippen molar-refractivity contribution in [3.63, 3.8) is 0 Å². The second kappa shape index (κ2) is 4.19. The normalized spacial score (nSPS) is 16.0. The lowest BCUT2D eigenvalue weighted by Gasteiger charge is -2.11. The van der Waals surface area contributed by atoms with Gasteiger partial charge in [-0.15, -0.1) is 33.1 Å². The molecule has 0 N–H and O–H groups in total. The summed E-state index contributed by atoms with van der Waals surface area (Å²) < 4.78 is 0. The maximum absolute atomic E-state index is 6.10. The predicted molar refractivity (Wildman–Crippen MR) is 53.0 cm³/mol. The lowest BCUT2D eigenvalue weighted by molar-refractivity contribution is 0.662. The van der Waals surface area contributed by atoms with Crippen molar-refractivity contribution in [2.45, 2.75) is 38.5 Å². The second-order valence-electron chi connectivity index (χ2n) is 2.87. The Labute approximate surface area is 82.0 Å². The van der Waals surface area contributed by atoms with Crippen LogP contribution in [0, 0.1) is 6.92 Å². The van der Waals surface area contributed by atoms with Crippen LogP contribution >= 0.6 is 22.9 Å². The molecule has 68 valence electrons. The fourth-order valence-corrected chi connectivity index (χ4v) is 2.01. The number of aromatic nitrogens is 2. The lowest BCUT2D eigenvalue weighted by Crippen LogP contribution is -2.07. The Morgan fingerprint density at radius 3 is 2.58 bits per heavy atom. The molecule has 0 saturated carbocycles. The van der Waals surface area contributed by atoms with Crippen molar-refractivity contribution in [3.8, 4) is 0 Å². The highest BCUT2D eigenvalue weighted by Gasteiger charge is 2.17. The first-order valence-corrected chi connectivity index (χ1v) is 5.34. The van der Waals surface area contributed by atoms with Crippen LogP contribution in [0.5, 0.6) is 0 Å². The molecule has 1 aromatic heterocycles. The van der Waals surface area contributed by atoms with Gasteiger partial charge in [0.05, 0.1) is 0 Å². The minimum Gasteiger partial charge on any atom is -0.144 e. The summed E-state index contributed by atoms with van der Waals surface area (Å²) in [5, 5.41) is 10.3. The molecule has 12 heavy (non-hydrogen) atoms. The van der Waals surface area contributed by atoms with Gasteiger partial charge in [-0.25, -0.2) is 0 Å². The first-order valence-electron chi connectivity index (χ1n) is 4.09. The van der Waals surface area contributed by atoms with Gasteiger partial charge in [0.15, 0.2) is 0 Å². The van der Waals surface area contributed by atoms with E-state index in [9.17, 15) is 0 Å². The summed E-state index contributed by atoms with van der Waals surface area (Å²) in [5.74, 6) is 0.322. The van der Waals surface area contributed by atoms with Gasteiger partial charge >= 0.3 is 0 Å². The Morgan fingerprint density at radius 2 is 2.17 bits per heavy atom. The fourth-order valence-electron chi connectivity index (χ4n) is 1.00. The predicted octanol–water partition coefficient (Wildman–Crippen LogP) is 2.97. The Bertz CT molecular complexity index is 249. The molecule has 1 aromatic rings. The van der Waals surface area contributed by atoms with Gasteiger partial charge in [0.2, 0.25) is 0 Å². The van der Waals surface area contributed by atoms with Crippen LogP contribution in [0.1, 0.15) is 36.2 Å². The molecule has 0 aromatic carbocycles. The largest absolute Gasteiger partial charge is 0.144 e. The molecular weight excluding hydrogens is 192 g/mol. The standard InChI is InChI=1S/C8H13ClN2S/c1-4-7(9)5(2)8-11-10-6(3)12-8/h5,7H,4H2,1-3H3. The van der Waals surface area contributed by atoms with E-state index < -0.39 is 0 Å². The first-order chi connectivity index (χ1) is 5.65. The van der Waals surface area contributed by atoms with Gasteiger partial charge in [-0.3, -0.25) is 0 Å². The number of hydrogen-bond donors (Lipinski definition) is 0. The van der Waals surface area contributed by atoms with Crippen LogP contribution in [0.15, 0.2) is 0 Å². The maximum atomic E-state index is 6.10. The zero-order valence-electron chi connectivity index (χ0n) is 7.54. The van der Waals surface area contributed by atoms with E-state index in [0.29, 0.717) is 5.92 Å². The molecule has 0 radical (unpaired) electrons. The fraction of sp³-hybridized carbons (Fsp3) is 0.750. The maximum Gasteiger partial charge on any atom is 0.121 e. The quantitative estimate of drug-likeness (QED) is 0.708. The summed E-state index contributed by atoms with van der Waals surface area (Å²) in [6.07, 6.45) is 0.974. The van der Waals surface area contributed by atoms with Crippen molar-refractivity contribution in [2.75, 3.05) is 0 Å². The van der Waals surface area contributed by atoms with Crippen LogP contribution < -0.4 is 0 Å². The average molecular weight is 205 g/mol. The Kier molecular flexibility index (Phi) is 3.47. The number of halogens is 1. The first kappa shape index (κ1) is 9.93. The topological polar surface area (TPSA) is 25.8 Å². The molecule has 0 amide bonds. The molecule has 0 fully saturated rings. The highest BCUT2D eigenvalue weighted by molar-refractivity contribution is 7.11. The van der Waals surface area contributed by atoms with Crippen molar-refractivity contribution in [1.82, 2.24) is 10.2 Å². The summed E-state index contributed by atoms with van der Waals surface area (Å²) in [6, 6.07) is 0. The molecule has 0 saturated heterocycles. The molecule has 0 spiro atoms. The third kappa shape index (κ3) is 2.17. The van der Waals surface area contributed by atoms with Crippen LogP contribution in [0.3, 0.4) is 0 Å². The average Bonchev–Trinajstić information content (AvgIpc) is 2.49. The van der Waals surface area contributed by atoms with Crippen molar-refractivity contribution in [1.29, 1.82) is 0 Å². The molecule has 4 heteroatoms. The Morgan fingerprint density at radius 1 is 1.50 bits per heavy atom. The van der Waals surface area contributed by atoms with Gasteiger partial charge in [0.25, 0.3) is 0 Å². The molecule has 0 aliphatic heterocycles. The van der Waals surface area contributed by atoms with E-state index in [1.165, 1.54) is 0 Å². The number of aryl methyl sites for hydroxylation is 1. The van der Waals surface area contributed by atoms with Gasteiger partial charge in [-0.2, -0.15) is 0 Å². The summed E-state index contributed by atoms with van der Waals surface area (Å²) >= 11 is 7.73. The van der Waals surface area contributed by atoms with Gasteiger partial charge in [-0.1, -0.05) is 13.8 Å². The smallest absolute Gasteiger partial charge is 0.121 e. The summed E-state index contributed by atoms with van der Waals surface area (Å²) in [5.41, 5.74) is 0. The minimum atomic E-state index is 0.178. The molecule has 0 aliphatic carbocycles. The van der Waals surface area contributed by atoms with Crippen molar-refractivity contribution >= 4 is 22.9 Å². The van der Waals surface area contributed by atoms with Gasteiger partial charge < -0.3 is 0 Å². The second-order valence-corrected chi connectivity index (χ2v) is 4.65. The molecule has 1 heterocycles. The number of hydrogen-bond acceptors (Lipinski definition) is 3. The molecular formula is C8H13ClN2S. The van der Waals surface area contributed by atoms with E-state index in [-0.39, 0.29) is 5.38 Å². The molecule has 2 unspecified atom stereocenters. The minimum absolute atomic E-state index is 0.178. The molecule has 2 nitrogen and oxygen atoms in total. The van der Waals surface area contributed by atoms with Crippen molar-refractivity contribution < 1.29 is 0 Å². The highest BCUT2D eigenvalue weighted by Crippen LogP contribution is 2.27. The summed E-state index contributed by atoms with van der Waals surface area (Å²) in [6.45, 7) is 6.15. The highest BCUT2D eigenvalue weighted by atomic mass is 35.5. The lowest BCUT2D eigenvalue weighted by atomic mass is 10.1. The van der Waals surface area contributed by atoms with E-state index in [1.807, 2.05) is 6.92 Å². The van der Waals surface area contributed by atoms with Crippen molar-refractivity contribution in [2.24, 2.45) is 0 Å². The number of alkyl halides is 1. The molecule has 2 atom stereocenters. The Hall–Kier alpha value is -0.150. The van der Waals surface area contributed by atoms with Crippen molar-refractivity contribution in [3.05, 3.63) is 10.0 Å². The van der Waals surface area contributed by atoms with E-state index in [0.717, 1.165) is 16.4 Å². The van der Waals surface area contributed by atoms with Gasteiger partial charge in [-0.05, 0) is 13.3 Å². The van der Waals surface area contributed by atoms with Crippen LogP contribution in [0.4, 0.5) is 0 Å². The number of rotatable bonds is 3. The van der Waals surface area contributed by atoms with E-state index in [4.69, 9.17) is 11.6 Å². The van der Waals surface area contributed by atoms with Crippen LogP contribution in [0.25, 0.3) is 0 Å². The third-order valence-electron chi connectivity index (χ3n) is 1.86. The van der Waals surface area contributed by atoms with Crippen LogP contribution in [0.2, 0.25) is 0 Å². The van der Waals surface area contributed by atoms with E-state index in [1.54, 1.807) is 11.3 Å². The van der Waals surface area contributed by atoms with Crippen LogP contribution in [-0.2, 0) is 0 Å². The SMILES string of the molecule is CCC(Cl)C(C)c1nnc(C)s1. The third-order valence-corrected chi connectivity index (χ3v) is 3.59. The molecule has 0 bridgehead atoms. The molecule has 1 rings (SSSR count). The summed E-state index contributed by atoms with van der Waals surface area (Å²) in [7, 11) is 0. The Balaban J connectivity index is 2.70. The van der Waals surface area contributed by atoms with E-state index in [2.05, 4.69) is 24.0 Å². The monoisotopic (exact) mass is 204 g/mol. The van der Waals surface area contributed by atoms with Gasteiger partial charge in [0, 0.05) is 11.3 Å². The van der Waals surface area contributed by atoms with Crippen LogP contribution in [-0.4, -0.2) is 15.6 Å². The van der Waals surface area contributed by atoms with E-state index >= 15 is 0 Å². The number of nitrogens with zero attached hydrogens (tertiary/aromatic N) is 2. The molecule has 0 aliphatic rings. The zero-order valence-corrected chi connectivity index (χ0v) is 9.11. The van der Waals surface area contributed by atoms with Gasteiger partial charge in [0.1, 0.15) is 10.0 Å². The summed E-state index contributed by atoms with van der Waals surface area (Å²) in [4.78, 5) is 0.